The monoisotopic (exact) mass is 225 g/mol. The number of hydrogen-bond donors (Lipinski definition) is 1. The lowest BCUT2D eigenvalue weighted by Crippen LogP contribution is -2.37. The molecular formula is C12H19NO3. The third-order valence-electron chi connectivity index (χ3n) is 2.86. The molecule has 0 spiro atoms. The van der Waals surface area contributed by atoms with Gasteiger partial charge in [-0.3, -0.25) is 4.79 Å². The van der Waals surface area contributed by atoms with Crippen LogP contribution in [0.25, 0.3) is 0 Å². The Balaban J connectivity index is 2.58. The van der Waals surface area contributed by atoms with Gasteiger partial charge in [-0.2, -0.15) is 0 Å². The van der Waals surface area contributed by atoms with Crippen molar-refractivity contribution in [3.8, 4) is 0 Å². The molecule has 1 heterocycles. The van der Waals surface area contributed by atoms with Gasteiger partial charge in [0.25, 0.3) is 0 Å². The number of carbonyl (C=O) groups is 2. The maximum Gasteiger partial charge on any atom is 0.327 e. The van der Waals surface area contributed by atoms with E-state index in [0.717, 1.165) is 31.3 Å². The van der Waals surface area contributed by atoms with Gasteiger partial charge in [0.2, 0.25) is 5.91 Å². The van der Waals surface area contributed by atoms with Crippen molar-refractivity contribution in [2.75, 3.05) is 0 Å². The molecule has 0 fully saturated rings. The lowest BCUT2D eigenvalue weighted by Gasteiger charge is -2.17. The molecule has 1 aliphatic heterocycles. The van der Waals surface area contributed by atoms with E-state index in [1.807, 2.05) is 0 Å². The van der Waals surface area contributed by atoms with Crippen molar-refractivity contribution in [2.24, 2.45) is 0 Å². The maximum atomic E-state index is 11.3. The van der Waals surface area contributed by atoms with Gasteiger partial charge in [-0.1, -0.05) is 25.3 Å². The zero-order chi connectivity index (χ0) is 12.1. The van der Waals surface area contributed by atoms with Crippen LogP contribution >= 0.6 is 0 Å². The zero-order valence-corrected chi connectivity index (χ0v) is 9.90. The minimum atomic E-state index is -0.919. The molecule has 4 nitrogen and oxygen atoms in total. The highest BCUT2D eigenvalue weighted by Gasteiger charge is 2.32. The molecule has 0 aromatic carbocycles. The Kier molecular flexibility index (Phi) is 4.52. The first-order valence-electron chi connectivity index (χ1n) is 5.77. The van der Waals surface area contributed by atoms with Crippen molar-refractivity contribution in [2.45, 2.75) is 52.0 Å². The van der Waals surface area contributed by atoms with Crippen molar-refractivity contribution in [1.29, 1.82) is 0 Å². The number of carboxylic acids is 1. The van der Waals surface area contributed by atoms with Crippen LogP contribution in [0.5, 0.6) is 0 Å². The highest BCUT2D eigenvalue weighted by atomic mass is 16.4. The SMILES string of the molecule is CCCCCC1=CN(C(C)=O)C(C(=O)O)C1. The summed E-state index contributed by atoms with van der Waals surface area (Å²) in [5, 5.41) is 8.99. The van der Waals surface area contributed by atoms with Crippen LogP contribution in [-0.2, 0) is 9.59 Å². The Morgan fingerprint density at radius 1 is 1.50 bits per heavy atom. The quantitative estimate of drug-likeness (QED) is 0.729. The summed E-state index contributed by atoms with van der Waals surface area (Å²) in [6, 6.07) is -0.686. The highest BCUT2D eigenvalue weighted by molar-refractivity contribution is 5.84. The molecule has 1 aliphatic rings. The molecular weight excluding hydrogens is 206 g/mol. The average Bonchev–Trinajstić information content (AvgIpc) is 2.62. The first kappa shape index (κ1) is 12.7. The second-order valence-corrected chi connectivity index (χ2v) is 4.23. The van der Waals surface area contributed by atoms with Gasteiger partial charge < -0.3 is 10.0 Å². The summed E-state index contributed by atoms with van der Waals surface area (Å²) in [6.07, 6.45) is 6.47. The Morgan fingerprint density at radius 2 is 2.19 bits per heavy atom. The van der Waals surface area contributed by atoms with Crippen LogP contribution in [0.4, 0.5) is 0 Å². The van der Waals surface area contributed by atoms with E-state index in [4.69, 9.17) is 5.11 Å². The van der Waals surface area contributed by atoms with Gasteiger partial charge in [0, 0.05) is 19.5 Å². The molecule has 1 atom stereocenters. The summed E-state index contributed by atoms with van der Waals surface area (Å²) >= 11 is 0. The van der Waals surface area contributed by atoms with Gasteiger partial charge in [0.05, 0.1) is 0 Å². The summed E-state index contributed by atoms with van der Waals surface area (Å²) in [6.45, 7) is 3.53. The van der Waals surface area contributed by atoms with Crippen LogP contribution in [0.3, 0.4) is 0 Å². The van der Waals surface area contributed by atoms with Gasteiger partial charge in [-0.05, 0) is 12.8 Å². The molecule has 1 N–H and O–H groups in total. The van der Waals surface area contributed by atoms with Crippen LogP contribution in [0.2, 0.25) is 0 Å². The van der Waals surface area contributed by atoms with Gasteiger partial charge in [-0.25, -0.2) is 4.79 Å². The Hall–Kier alpha value is -1.32. The number of hydrogen-bond acceptors (Lipinski definition) is 2. The number of amides is 1. The normalized spacial score (nSPS) is 19.8. The van der Waals surface area contributed by atoms with Gasteiger partial charge in [-0.15, -0.1) is 0 Å². The molecule has 90 valence electrons. The first-order valence-corrected chi connectivity index (χ1v) is 5.77. The maximum absolute atomic E-state index is 11.3. The molecule has 0 aromatic heterocycles. The smallest absolute Gasteiger partial charge is 0.327 e. The molecule has 0 aliphatic carbocycles. The third-order valence-corrected chi connectivity index (χ3v) is 2.86. The van der Waals surface area contributed by atoms with Crippen LogP contribution in [0, 0.1) is 0 Å². The molecule has 1 unspecified atom stereocenters. The minimum absolute atomic E-state index is 0.196. The fraction of sp³-hybridized carbons (Fsp3) is 0.667. The first-order chi connectivity index (χ1) is 7.56. The van der Waals surface area contributed by atoms with Crippen LogP contribution < -0.4 is 0 Å². The molecule has 1 rings (SSSR count). The van der Waals surface area contributed by atoms with E-state index in [0.29, 0.717) is 6.42 Å². The molecule has 0 aromatic rings. The fourth-order valence-electron chi connectivity index (χ4n) is 1.97. The summed E-state index contributed by atoms with van der Waals surface area (Å²) < 4.78 is 0. The Labute approximate surface area is 95.9 Å². The minimum Gasteiger partial charge on any atom is -0.480 e. The lowest BCUT2D eigenvalue weighted by atomic mass is 10.0. The summed E-state index contributed by atoms with van der Waals surface area (Å²) in [5.41, 5.74) is 1.08. The van der Waals surface area contributed by atoms with Gasteiger partial charge in [0.1, 0.15) is 6.04 Å². The number of nitrogens with zero attached hydrogens (tertiary/aromatic N) is 1. The second kappa shape index (κ2) is 5.68. The summed E-state index contributed by atoms with van der Waals surface area (Å²) in [4.78, 5) is 23.6. The zero-order valence-electron chi connectivity index (χ0n) is 9.90. The standard InChI is InChI=1S/C12H19NO3/c1-3-4-5-6-10-7-11(12(15)16)13(8-10)9(2)14/h8,11H,3-7H2,1-2H3,(H,15,16). The van der Waals surface area contributed by atoms with E-state index in [9.17, 15) is 9.59 Å². The average molecular weight is 225 g/mol. The van der Waals surface area contributed by atoms with Crippen LogP contribution in [0.1, 0.15) is 46.0 Å². The Morgan fingerprint density at radius 3 is 2.62 bits per heavy atom. The molecule has 0 saturated heterocycles. The number of carboxylic acid groups (broad SMARTS) is 1. The van der Waals surface area contributed by atoms with E-state index in [2.05, 4.69) is 6.92 Å². The van der Waals surface area contributed by atoms with Crippen molar-refractivity contribution < 1.29 is 14.7 Å². The van der Waals surface area contributed by atoms with Crippen LogP contribution in [-0.4, -0.2) is 27.9 Å². The summed E-state index contributed by atoms with van der Waals surface area (Å²) in [5.74, 6) is -1.12. The largest absolute Gasteiger partial charge is 0.480 e. The number of rotatable bonds is 5. The molecule has 1 amide bonds. The van der Waals surface area contributed by atoms with Crippen molar-refractivity contribution >= 4 is 11.9 Å². The van der Waals surface area contributed by atoms with E-state index in [1.165, 1.54) is 11.8 Å². The molecule has 16 heavy (non-hydrogen) atoms. The molecule has 0 saturated carbocycles. The summed E-state index contributed by atoms with van der Waals surface area (Å²) in [7, 11) is 0. The predicted octanol–water partition coefficient (Wildman–Crippen LogP) is 2.16. The molecule has 0 bridgehead atoms. The van der Waals surface area contributed by atoms with E-state index < -0.39 is 12.0 Å². The molecule has 0 radical (unpaired) electrons. The predicted molar refractivity (Wildman–Crippen MR) is 60.8 cm³/mol. The fourth-order valence-corrected chi connectivity index (χ4v) is 1.97. The lowest BCUT2D eigenvalue weighted by molar-refractivity contribution is -0.146. The second-order valence-electron chi connectivity index (χ2n) is 4.23. The van der Waals surface area contributed by atoms with Crippen LogP contribution in [0.15, 0.2) is 11.8 Å². The number of carbonyl (C=O) groups excluding carboxylic acids is 1. The van der Waals surface area contributed by atoms with Gasteiger partial charge >= 0.3 is 5.97 Å². The number of unbranched alkanes of at least 4 members (excludes halogenated alkanes) is 2. The van der Waals surface area contributed by atoms with E-state index in [1.54, 1.807) is 6.20 Å². The highest BCUT2D eigenvalue weighted by Crippen LogP contribution is 2.26. The van der Waals surface area contributed by atoms with Crippen molar-refractivity contribution in [3.05, 3.63) is 11.8 Å². The van der Waals surface area contributed by atoms with E-state index >= 15 is 0 Å². The van der Waals surface area contributed by atoms with Crippen molar-refractivity contribution in [3.63, 3.8) is 0 Å². The third kappa shape index (κ3) is 3.08. The van der Waals surface area contributed by atoms with E-state index in [-0.39, 0.29) is 5.91 Å². The topological polar surface area (TPSA) is 57.6 Å². The van der Waals surface area contributed by atoms with Crippen molar-refractivity contribution in [1.82, 2.24) is 4.90 Å². The van der Waals surface area contributed by atoms with Gasteiger partial charge in [0.15, 0.2) is 0 Å². The molecule has 4 heteroatoms. The Bertz CT molecular complexity index is 309. The number of aliphatic carboxylic acids is 1.